The Bertz CT molecular complexity index is 340. The fourth-order valence-corrected chi connectivity index (χ4v) is 2.45. The number of rotatable bonds is 3. The van der Waals surface area contributed by atoms with E-state index in [0.29, 0.717) is 6.04 Å². The molecule has 1 saturated heterocycles. The average molecular weight is 222 g/mol. The monoisotopic (exact) mass is 222 g/mol. The van der Waals surface area contributed by atoms with Crippen molar-refractivity contribution in [2.45, 2.75) is 46.1 Å². The van der Waals surface area contributed by atoms with E-state index in [1.54, 1.807) is 0 Å². The van der Waals surface area contributed by atoms with Crippen molar-refractivity contribution in [3.05, 3.63) is 23.2 Å². The molecule has 1 aromatic heterocycles. The summed E-state index contributed by atoms with van der Waals surface area (Å²) in [7, 11) is 0. The summed E-state index contributed by atoms with van der Waals surface area (Å²) in [5, 5.41) is 2.34. The van der Waals surface area contributed by atoms with Gasteiger partial charge in [-0.15, -0.1) is 0 Å². The summed E-state index contributed by atoms with van der Waals surface area (Å²) >= 11 is 0. The van der Waals surface area contributed by atoms with Crippen LogP contribution < -0.4 is 5.43 Å². The van der Waals surface area contributed by atoms with Gasteiger partial charge >= 0.3 is 0 Å². The first kappa shape index (κ1) is 11.7. The zero-order chi connectivity index (χ0) is 11.5. The van der Waals surface area contributed by atoms with Crippen LogP contribution in [0.1, 0.15) is 49.3 Å². The summed E-state index contributed by atoms with van der Waals surface area (Å²) in [6.45, 7) is 8.58. The van der Waals surface area contributed by atoms with Gasteiger partial charge in [0, 0.05) is 24.7 Å². The number of piperidine rings is 1. The van der Waals surface area contributed by atoms with Crippen molar-refractivity contribution in [1.82, 2.24) is 10.4 Å². The number of furan rings is 1. The van der Waals surface area contributed by atoms with E-state index < -0.39 is 0 Å². The Balaban J connectivity index is 1.96. The molecule has 90 valence electrons. The van der Waals surface area contributed by atoms with Crippen LogP contribution in [-0.4, -0.2) is 18.1 Å². The molecule has 1 fully saturated rings. The van der Waals surface area contributed by atoms with Gasteiger partial charge in [0.2, 0.25) is 0 Å². The maximum absolute atomic E-state index is 5.57. The van der Waals surface area contributed by atoms with Crippen LogP contribution in [0.4, 0.5) is 0 Å². The molecule has 1 aliphatic rings. The third-order valence-electron chi connectivity index (χ3n) is 3.28. The minimum Gasteiger partial charge on any atom is -0.466 e. The molecule has 1 atom stereocenters. The van der Waals surface area contributed by atoms with Crippen LogP contribution >= 0.6 is 0 Å². The summed E-state index contributed by atoms with van der Waals surface area (Å²) in [4.78, 5) is 0. The zero-order valence-electron chi connectivity index (χ0n) is 10.5. The van der Waals surface area contributed by atoms with Gasteiger partial charge in [0.25, 0.3) is 0 Å². The SMILES string of the molecule is Cc1cc(C(C)NN2CCCCC2)c(C)o1. The van der Waals surface area contributed by atoms with E-state index in [9.17, 15) is 0 Å². The standard InChI is InChI=1S/C13H22N2O/c1-10-9-13(12(3)16-10)11(2)14-15-7-5-4-6-8-15/h9,11,14H,4-8H2,1-3H3. The van der Waals surface area contributed by atoms with Gasteiger partial charge in [-0.05, 0) is 39.7 Å². The van der Waals surface area contributed by atoms with Gasteiger partial charge in [-0.25, -0.2) is 10.4 Å². The minimum absolute atomic E-state index is 0.343. The quantitative estimate of drug-likeness (QED) is 0.852. The molecule has 2 rings (SSSR count). The second-order valence-corrected chi connectivity index (χ2v) is 4.77. The van der Waals surface area contributed by atoms with Gasteiger partial charge < -0.3 is 4.42 Å². The van der Waals surface area contributed by atoms with Crippen molar-refractivity contribution in [3.63, 3.8) is 0 Å². The third kappa shape index (κ3) is 2.66. The molecule has 0 aromatic carbocycles. The van der Waals surface area contributed by atoms with Gasteiger partial charge in [0.15, 0.2) is 0 Å². The van der Waals surface area contributed by atoms with Crippen LogP contribution in [0.25, 0.3) is 0 Å². The largest absolute Gasteiger partial charge is 0.466 e. The molecule has 0 aliphatic carbocycles. The predicted octanol–water partition coefficient (Wildman–Crippen LogP) is 2.95. The molecule has 16 heavy (non-hydrogen) atoms. The molecular formula is C13H22N2O. The first-order valence-corrected chi connectivity index (χ1v) is 6.25. The van der Waals surface area contributed by atoms with E-state index in [-0.39, 0.29) is 0 Å². The molecule has 0 amide bonds. The Hall–Kier alpha value is -0.800. The summed E-state index contributed by atoms with van der Waals surface area (Å²) in [5.74, 6) is 2.04. The molecule has 1 aromatic rings. The molecule has 1 N–H and O–H groups in total. The van der Waals surface area contributed by atoms with Gasteiger partial charge in [-0.2, -0.15) is 0 Å². The Morgan fingerprint density at radius 1 is 1.25 bits per heavy atom. The summed E-state index contributed by atoms with van der Waals surface area (Å²) in [6.07, 6.45) is 3.99. The molecule has 1 unspecified atom stereocenters. The highest BCUT2D eigenvalue weighted by atomic mass is 16.3. The summed E-state index contributed by atoms with van der Waals surface area (Å²) < 4.78 is 5.57. The number of nitrogens with one attached hydrogen (secondary N) is 1. The lowest BCUT2D eigenvalue weighted by atomic mass is 10.1. The fraction of sp³-hybridized carbons (Fsp3) is 0.692. The van der Waals surface area contributed by atoms with Crippen LogP contribution in [0.2, 0.25) is 0 Å². The highest BCUT2D eigenvalue weighted by Crippen LogP contribution is 2.22. The first-order valence-electron chi connectivity index (χ1n) is 6.25. The van der Waals surface area contributed by atoms with Crippen LogP contribution in [0.5, 0.6) is 0 Å². The normalized spacial score (nSPS) is 19.9. The molecule has 0 spiro atoms. The average Bonchev–Trinajstić information content (AvgIpc) is 2.59. The summed E-state index contributed by atoms with van der Waals surface area (Å²) in [5.41, 5.74) is 4.84. The van der Waals surface area contributed by atoms with Gasteiger partial charge in [-0.3, -0.25) is 0 Å². The van der Waals surface area contributed by atoms with Crippen molar-refractivity contribution >= 4 is 0 Å². The minimum atomic E-state index is 0.343. The Kier molecular flexibility index (Phi) is 3.66. The van der Waals surface area contributed by atoms with Gasteiger partial charge in [0.05, 0.1) is 0 Å². The van der Waals surface area contributed by atoms with Gasteiger partial charge in [0.1, 0.15) is 11.5 Å². The molecule has 0 saturated carbocycles. The lowest BCUT2D eigenvalue weighted by molar-refractivity contribution is 0.132. The number of hydrazine groups is 1. The second kappa shape index (κ2) is 5.02. The van der Waals surface area contributed by atoms with E-state index in [0.717, 1.165) is 11.5 Å². The third-order valence-corrected chi connectivity index (χ3v) is 3.28. The Morgan fingerprint density at radius 3 is 2.50 bits per heavy atom. The number of hydrogen-bond donors (Lipinski definition) is 1. The topological polar surface area (TPSA) is 28.4 Å². The van der Waals surface area contributed by atoms with Crippen molar-refractivity contribution in [2.75, 3.05) is 13.1 Å². The van der Waals surface area contributed by atoms with Crippen LogP contribution in [0.15, 0.2) is 10.5 Å². The fourth-order valence-electron chi connectivity index (χ4n) is 2.45. The second-order valence-electron chi connectivity index (χ2n) is 4.77. The molecule has 2 heterocycles. The molecule has 1 aliphatic heterocycles. The molecule has 0 bridgehead atoms. The zero-order valence-corrected chi connectivity index (χ0v) is 10.5. The molecular weight excluding hydrogens is 200 g/mol. The number of aryl methyl sites for hydroxylation is 2. The first-order chi connectivity index (χ1) is 7.66. The number of nitrogens with zero attached hydrogens (tertiary/aromatic N) is 1. The Labute approximate surface area is 97.8 Å². The maximum atomic E-state index is 5.57. The van der Waals surface area contributed by atoms with E-state index >= 15 is 0 Å². The molecule has 3 nitrogen and oxygen atoms in total. The highest BCUT2D eigenvalue weighted by molar-refractivity contribution is 5.23. The lowest BCUT2D eigenvalue weighted by Crippen LogP contribution is -2.42. The lowest BCUT2D eigenvalue weighted by Gasteiger charge is -2.30. The maximum Gasteiger partial charge on any atom is 0.105 e. The van der Waals surface area contributed by atoms with E-state index in [4.69, 9.17) is 4.42 Å². The van der Waals surface area contributed by atoms with Crippen molar-refractivity contribution < 1.29 is 4.42 Å². The highest BCUT2D eigenvalue weighted by Gasteiger charge is 2.16. The van der Waals surface area contributed by atoms with Crippen molar-refractivity contribution in [1.29, 1.82) is 0 Å². The predicted molar refractivity (Wildman–Crippen MR) is 65.2 cm³/mol. The van der Waals surface area contributed by atoms with Gasteiger partial charge in [-0.1, -0.05) is 6.42 Å². The molecule has 0 radical (unpaired) electrons. The van der Waals surface area contributed by atoms with E-state index in [2.05, 4.69) is 23.4 Å². The van der Waals surface area contributed by atoms with E-state index in [1.807, 2.05) is 13.8 Å². The van der Waals surface area contributed by atoms with Crippen LogP contribution in [0.3, 0.4) is 0 Å². The smallest absolute Gasteiger partial charge is 0.105 e. The van der Waals surface area contributed by atoms with Crippen LogP contribution in [-0.2, 0) is 0 Å². The Morgan fingerprint density at radius 2 is 1.94 bits per heavy atom. The van der Waals surface area contributed by atoms with E-state index in [1.165, 1.54) is 37.9 Å². The summed E-state index contributed by atoms with van der Waals surface area (Å²) in [6, 6.07) is 2.48. The number of hydrogen-bond acceptors (Lipinski definition) is 3. The van der Waals surface area contributed by atoms with Crippen LogP contribution in [0, 0.1) is 13.8 Å². The van der Waals surface area contributed by atoms with Crippen molar-refractivity contribution in [2.24, 2.45) is 0 Å². The molecule has 3 heteroatoms. The van der Waals surface area contributed by atoms with Crippen molar-refractivity contribution in [3.8, 4) is 0 Å².